The lowest BCUT2D eigenvalue weighted by atomic mass is 10.1. The van der Waals surface area contributed by atoms with E-state index in [4.69, 9.17) is 10.5 Å². The first-order chi connectivity index (χ1) is 7.74. The van der Waals surface area contributed by atoms with Crippen LogP contribution in [0.1, 0.15) is 12.0 Å². The van der Waals surface area contributed by atoms with Gasteiger partial charge in [-0.3, -0.25) is 0 Å². The van der Waals surface area contributed by atoms with Gasteiger partial charge in [0.1, 0.15) is 5.75 Å². The molecule has 1 saturated heterocycles. The highest BCUT2D eigenvalue weighted by molar-refractivity contribution is 5.56. The van der Waals surface area contributed by atoms with Gasteiger partial charge in [-0.25, -0.2) is 0 Å². The third-order valence-corrected chi connectivity index (χ3v) is 3.36. The molecule has 1 aromatic rings. The molecule has 3 heteroatoms. The zero-order valence-electron chi connectivity index (χ0n) is 10.1. The second-order valence-electron chi connectivity index (χ2n) is 4.49. The number of hydrogen-bond donors (Lipinski definition) is 1. The summed E-state index contributed by atoms with van der Waals surface area (Å²) in [7, 11) is 1.70. The molecule has 1 aromatic carbocycles. The van der Waals surface area contributed by atoms with Crippen molar-refractivity contribution in [1.29, 1.82) is 0 Å². The van der Waals surface area contributed by atoms with Crippen LogP contribution < -0.4 is 15.4 Å². The third kappa shape index (κ3) is 2.14. The fourth-order valence-electron chi connectivity index (χ4n) is 2.35. The molecule has 0 aliphatic carbocycles. The Bertz CT molecular complexity index is 365. The van der Waals surface area contributed by atoms with Gasteiger partial charge >= 0.3 is 0 Å². The molecule has 2 N–H and O–H groups in total. The minimum Gasteiger partial charge on any atom is -0.497 e. The van der Waals surface area contributed by atoms with Crippen molar-refractivity contribution in [1.82, 2.24) is 0 Å². The number of anilines is 1. The van der Waals surface area contributed by atoms with Gasteiger partial charge < -0.3 is 15.4 Å². The van der Waals surface area contributed by atoms with Gasteiger partial charge in [0.2, 0.25) is 0 Å². The first-order valence-electron chi connectivity index (χ1n) is 5.84. The number of benzene rings is 1. The van der Waals surface area contributed by atoms with Crippen LogP contribution in [0.2, 0.25) is 0 Å². The number of nitrogens with zero attached hydrogens (tertiary/aromatic N) is 1. The number of aryl methyl sites for hydroxylation is 1. The minimum atomic E-state index is 0.654. The molecule has 1 aliphatic rings. The topological polar surface area (TPSA) is 38.5 Å². The highest BCUT2D eigenvalue weighted by Gasteiger charge is 2.22. The van der Waals surface area contributed by atoms with Gasteiger partial charge in [0.25, 0.3) is 0 Å². The maximum atomic E-state index is 5.71. The largest absolute Gasteiger partial charge is 0.497 e. The number of hydrogen-bond acceptors (Lipinski definition) is 3. The Labute approximate surface area is 97.2 Å². The quantitative estimate of drug-likeness (QED) is 0.844. The van der Waals surface area contributed by atoms with Crippen molar-refractivity contribution in [2.75, 3.05) is 31.6 Å². The SMILES string of the molecule is COc1ccc(N2CCC(CN)C2)c(C)c1. The Kier molecular flexibility index (Phi) is 3.34. The van der Waals surface area contributed by atoms with Crippen molar-refractivity contribution in [2.45, 2.75) is 13.3 Å². The van der Waals surface area contributed by atoms with Crippen LogP contribution in [0.15, 0.2) is 18.2 Å². The summed E-state index contributed by atoms with van der Waals surface area (Å²) in [6.07, 6.45) is 1.21. The van der Waals surface area contributed by atoms with Gasteiger partial charge in [0, 0.05) is 18.8 Å². The van der Waals surface area contributed by atoms with Crippen molar-refractivity contribution in [3.63, 3.8) is 0 Å². The molecular formula is C13H20N2O. The smallest absolute Gasteiger partial charge is 0.119 e. The second kappa shape index (κ2) is 4.74. The van der Waals surface area contributed by atoms with E-state index in [1.54, 1.807) is 7.11 Å². The van der Waals surface area contributed by atoms with Crippen LogP contribution in [0.4, 0.5) is 5.69 Å². The number of rotatable bonds is 3. The monoisotopic (exact) mass is 220 g/mol. The average Bonchev–Trinajstić information content (AvgIpc) is 2.77. The number of nitrogens with two attached hydrogens (primary N) is 1. The minimum absolute atomic E-state index is 0.654. The van der Waals surface area contributed by atoms with E-state index in [1.807, 2.05) is 6.07 Å². The van der Waals surface area contributed by atoms with E-state index in [9.17, 15) is 0 Å². The second-order valence-corrected chi connectivity index (χ2v) is 4.49. The van der Waals surface area contributed by atoms with Gasteiger partial charge in [-0.2, -0.15) is 0 Å². The molecule has 0 bridgehead atoms. The zero-order chi connectivity index (χ0) is 11.5. The lowest BCUT2D eigenvalue weighted by Gasteiger charge is -2.21. The predicted octanol–water partition coefficient (Wildman–Crippen LogP) is 1.79. The van der Waals surface area contributed by atoms with Crippen LogP contribution in [0.3, 0.4) is 0 Å². The molecule has 1 atom stereocenters. The van der Waals surface area contributed by atoms with Crippen LogP contribution in [-0.4, -0.2) is 26.7 Å². The lowest BCUT2D eigenvalue weighted by Crippen LogP contribution is -2.23. The molecule has 2 rings (SSSR count). The van der Waals surface area contributed by atoms with Crippen LogP contribution in [-0.2, 0) is 0 Å². The Balaban J connectivity index is 2.15. The first-order valence-corrected chi connectivity index (χ1v) is 5.84. The summed E-state index contributed by atoms with van der Waals surface area (Å²) in [6, 6.07) is 6.26. The molecule has 1 fully saturated rings. The van der Waals surface area contributed by atoms with E-state index < -0.39 is 0 Å². The Morgan fingerprint density at radius 1 is 1.50 bits per heavy atom. The molecule has 1 unspecified atom stereocenters. The molecule has 0 amide bonds. The van der Waals surface area contributed by atoms with Gasteiger partial charge in [0.05, 0.1) is 7.11 Å². The normalized spacial score (nSPS) is 20.2. The molecule has 1 aliphatic heterocycles. The molecule has 16 heavy (non-hydrogen) atoms. The summed E-state index contributed by atoms with van der Waals surface area (Å²) in [5.74, 6) is 1.58. The molecule has 0 aromatic heterocycles. The predicted molar refractivity (Wildman–Crippen MR) is 67.1 cm³/mol. The van der Waals surface area contributed by atoms with E-state index >= 15 is 0 Å². The first kappa shape index (κ1) is 11.3. The van der Waals surface area contributed by atoms with E-state index in [2.05, 4.69) is 24.0 Å². The van der Waals surface area contributed by atoms with Crippen LogP contribution in [0.5, 0.6) is 5.75 Å². The number of ether oxygens (including phenoxy) is 1. The average molecular weight is 220 g/mol. The molecule has 1 heterocycles. The molecule has 88 valence electrons. The van der Waals surface area contributed by atoms with Crippen LogP contribution in [0.25, 0.3) is 0 Å². The maximum absolute atomic E-state index is 5.71. The lowest BCUT2D eigenvalue weighted by molar-refractivity contribution is 0.414. The molecule has 0 saturated carbocycles. The Morgan fingerprint density at radius 3 is 2.88 bits per heavy atom. The van der Waals surface area contributed by atoms with Gasteiger partial charge in [-0.05, 0) is 49.6 Å². The van der Waals surface area contributed by atoms with Gasteiger partial charge in [-0.1, -0.05) is 0 Å². The van der Waals surface area contributed by atoms with E-state index in [0.29, 0.717) is 5.92 Å². The maximum Gasteiger partial charge on any atom is 0.119 e. The fourth-order valence-corrected chi connectivity index (χ4v) is 2.35. The van der Waals surface area contributed by atoms with E-state index in [1.165, 1.54) is 17.7 Å². The van der Waals surface area contributed by atoms with E-state index in [0.717, 1.165) is 25.4 Å². The number of methoxy groups -OCH3 is 1. The fraction of sp³-hybridized carbons (Fsp3) is 0.538. The standard InChI is InChI=1S/C13H20N2O/c1-10-7-12(16-2)3-4-13(10)15-6-5-11(8-14)9-15/h3-4,7,11H,5-6,8-9,14H2,1-2H3. The van der Waals surface area contributed by atoms with Crippen molar-refractivity contribution >= 4 is 5.69 Å². The molecular weight excluding hydrogens is 200 g/mol. The van der Waals surface area contributed by atoms with Crippen molar-refractivity contribution < 1.29 is 4.74 Å². The summed E-state index contributed by atoms with van der Waals surface area (Å²) in [4.78, 5) is 2.42. The summed E-state index contributed by atoms with van der Waals surface area (Å²) >= 11 is 0. The summed E-state index contributed by atoms with van der Waals surface area (Å²) in [5, 5.41) is 0. The highest BCUT2D eigenvalue weighted by Crippen LogP contribution is 2.28. The van der Waals surface area contributed by atoms with E-state index in [-0.39, 0.29) is 0 Å². The third-order valence-electron chi connectivity index (χ3n) is 3.36. The van der Waals surface area contributed by atoms with Crippen molar-refractivity contribution in [2.24, 2.45) is 11.7 Å². The summed E-state index contributed by atoms with van der Waals surface area (Å²) in [6.45, 7) is 5.14. The zero-order valence-corrected chi connectivity index (χ0v) is 10.1. The van der Waals surface area contributed by atoms with Crippen LogP contribution >= 0.6 is 0 Å². The molecule has 0 radical (unpaired) electrons. The summed E-state index contributed by atoms with van der Waals surface area (Å²) < 4.78 is 5.22. The van der Waals surface area contributed by atoms with Gasteiger partial charge in [0.15, 0.2) is 0 Å². The van der Waals surface area contributed by atoms with Crippen molar-refractivity contribution in [3.05, 3.63) is 23.8 Å². The van der Waals surface area contributed by atoms with Crippen molar-refractivity contribution in [3.8, 4) is 5.75 Å². The molecule has 3 nitrogen and oxygen atoms in total. The Hall–Kier alpha value is -1.22. The van der Waals surface area contributed by atoms with Gasteiger partial charge in [-0.15, -0.1) is 0 Å². The highest BCUT2D eigenvalue weighted by atomic mass is 16.5. The van der Waals surface area contributed by atoms with Crippen LogP contribution in [0, 0.1) is 12.8 Å². The summed E-state index contributed by atoms with van der Waals surface area (Å²) in [5.41, 5.74) is 8.30. The molecule has 0 spiro atoms. The Morgan fingerprint density at radius 2 is 2.31 bits per heavy atom.